The quantitative estimate of drug-likeness (QED) is 0.623. The summed E-state index contributed by atoms with van der Waals surface area (Å²) < 4.78 is 4.40. The Morgan fingerprint density at radius 1 is 1.55 bits per heavy atom. The molecule has 1 atom stereocenters. The van der Waals surface area contributed by atoms with Gasteiger partial charge in [0.1, 0.15) is 0 Å². The molecule has 1 unspecified atom stereocenters. The summed E-state index contributed by atoms with van der Waals surface area (Å²) in [5.74, 6) is 0.0628. The van der Waals surface area contributed by atoms with Gasteiger partial charge in [0.2, 0.25) is 0 Å². The Bertz CT molecular complexity index is 121. The van der Waals surface area contributed by atoms with Crippen LogP contribution in [-0.4, -0.2) is 24.3 Å². The number of methoxy groups -OCH3 is 1. The van der Waals surface area contributed by atoms with E-state index in [-0.39, 0.29) is 12.4 Å². The van der Waals surface area contributed by atoms with Crippen LogP contribution in [0.3, 0.4) is 0 Å². The molecule has 0 aromatic carbocycles. The summed E-state index contributed by atoms with van der Waals surface area (Å²) in [6.07, 6.45) is 0.200. The number of hydrogen-bond acceptors (Lipinski definition) is 3. The first-order valence-corrected chi connectivity index (χ1v) is 3.81. The lowest BCUT2D eigenvalue weighted by atomic mass is 10.0. The van der Waals surface area contributed by atoms with Crippen LogP contribution >= 0.6 is 0 Å². The van der Waals surface area contributed by atoms with Crippen molar-refractivity contribution in [1.29, 1.82) is 0 Å². The minimum atomic E-state index is -0.553. The highest BCUT2D eigenvalue weighted by Crippen LogP contribution is 2.07. The van der Waals surface area contributed by atoms with Crippen molar-refractivity contribution in [2.75, 3.05) is 7.11 Å². The predicted molar refractivity (Wildman–Crippen MR) is 42.1 cm³/mol. The second-order valence-corrected chi connectivity index (χ2v) is 3.06. The van der Waals surface area contributed by atoms with Gasteiger partial charge in [-0.15, -0.1) is 0 Å². The molecule has 0 bridgehead atoms. The normalized spacial score (nSPS) is 13.2. The van der Waals surface area contributed by atoms with Crippen molar-refractivity contribution in [1.82, 2.24) is 0 Å². The topological polar surface area (TPSA) is 46.5 Å². The molecule has 0 amide bonds. The van der Waals surface area contributed by atoms with Gasteiger partial charge in [0.15, 0.2) is 0 Å². The highest BCUT2D eigenvalue weighted by Gasteiger charge is 2.11. The molecule has 0 aliphatic carbocycles. The lowest BCUT2D eigenvalue weighted by Gasteiger charge is -2.10. The van der Waals surface area contributed by atoms with Gasteiger partial charge in [-0.1, -0.05) is 13.8 Å². The summed E-state index contributed by atoms with van der Waals surface area (Å²) in [6.45, 7) is 4.00. The maximum atomic E-state index is 10.6. The number of aliphatic hydroxyl groups is 1. The van der Waals surface area contributed by atoms with Crippen LogP contribution in [0.15, 0.2) is 0 Å². The van der Waals surface area contributed by atoms with Gasteiger partial charge in [-0.3, -0.25) is 4.79 Å². The minimum absolute atomic E-state index is 0.106. The molecule has 3 heteroatoms. The van der Waals surface area contributed by atoms with E-state index in [4.69, 9.17) is 0 Å². The summed E-state index contributed by atoms with van der Waals surface area (Å²) in [6, 6.07) is 0. The van der Waals surface area contributed by atoms with Gasteiger partial charge >= 0.3 is 5.97 Å². The zero-order valence-corrected chi connectivity index (χ0v) is 7.33. The summed E-state index contributed by atoms with van der Waals surface area (Å²) in [5, 5.41) is 9.22. The summed E-state index contributed by atoms with van der Waals surface area (Å²) >= 11 is 0. The maximum absolute atomic E-state index is 10.6. The molecule has 0 spiro atoms. The second-order valence-electron chi connectivity index (χ2n) is 3.06. The fourth-order valence-electron chi connectivity index (χ4n) is 0.903. The van der Waals surface area contributed by atoms with Gasteiger partial charge < -0.3 is 9.84 Å². The van der Waals surface area contributed by atoms with E-state index < -0.39 is 6.10 Å². The van der Waals surface area contributed by atoms with E-state index in [9.17, 15) is 9.90 Å². The van der Waals surface area contributed by atoms with E-state index in [0.717, 1.165) is 0 Å². The van der Waals surface area contributed by atoms with Crippen LogP contribution in [0.1, 0.15) is 26.7 Å². The van der Waals surface area contributed by atoms with E-state index in [0.29, 0.717) is 12.3 Å². The number of hydrogen-bond donors (Lipinski definition) is 1. The van der Waals surface area contributed by atoms with Gasteiger partial charge in [0.25, 0.3) is 0 Å². The monoisotopic (exact) mass is 160 g/mol. The molecule has 66 valence electrons. The van der Waals surface area contributed by atoms with Gasteiger partial charge in [0, 0.05) is 0 Å². The van der Waals surface area contributed by atoms with Gasteiger partial charge in [-0.2, -0.15) is 0 Å². The maximum Gasteiger partial charge on any atom is 0.308 e. The van der Waals surface area contributed by atoms with Crippen LogP contribution in [0.25, 0.3) is 0 Å². The molecule has 0 aromatic rings. The van der Waals surface area contributed by atoms with E-state index in [1.807, 2.05) is 13.8 Å². The molecule has 0 aliphatic rings. The van der Waals surface area contributed by atoms with Crippen LogP contribution in [0.2, 0.25) is 0 Å². The third kappa shape index (κ3) is 5.85. The van der Waals surface area contributed by atoms with Crippen LogP contribution in [0.4, 0.5) is 0 Å². The van der Waals surface area contributed by atoms with Crippen molar-refractivity contribution in [2.24, 2.45) is 5.92 Å². The minimum Gasteiger partial charge on any atom is -0.469 e. The highest BCUT2D eigenvalue weighted by molar-refractivity contribution is 5.69. The van der Waals surface area contributed by atoms with E-state index in [1.165, 1.54) is 7.11 Å². The molecule has 3 nitrogen and oxygen atoms in total. The third-order valence-electron chi connectivity index (χ3n) is 1.37. The molecule has 0 fully saturated rings. The van der Waals surface area contributed by atoms with Crippen molar-refractivity contribution < 1.29 is 14.6 Å². The lowest BCUT2D eigenvalue weighted by Crippen LogP contribution is -2.16. The van der Waals surface area contributed by atoms with Crippen LogP contribution in [-0.2, 0) is 9.53 Å². The number of aliphatic hydroxyl groups excluding tert-OH is 1. The van der Waals surface area contributed by atoms with Crippen molar-refractivity contribution >= 4 is 5.97 Å². The number of esters is 1. The SMILES string of the molecule is COC(=O)CC(O)CC(C)C. The first kappa shape index (κ1) is 10.4. The molecule has 0 heterocycles. The lowest BCUT2D eigenvalue weighted by molar-refractivity contribution is -0.142. The Balaban J connectivity index is 3.51. The van der Waals surface area contributed by atoms with Crippen LogP contribution in [0.5, 0.6) is 0 Å². The number of rotatable bonds is 4. The average molecular weight is 160 g/mol. The summed E-state index contributed by atoms with van der Waals surface area (Å²) in [4.78, 5) is 10.6. The molecular formula is C8H16O3. The first-order valence-electron chi connectivity index (χ1n) is 3.81. The Morgan fingerprint density at radius 2 is 2.09 bits per heavy atom. The van der Waals surface area contributed by atoms with Gasteiger partial charge in [-0.25, -0.2) is 0 Å². The molecule has 1 N–H and O–H groups in total. The standard InChI is InChI=1S/C8H16O3/c1-6(2)4-7(9)5-8(10)11-3/h6-7,9H,4-5H2,1-3H3. The van der Waals surface area contributed by atoms with Crippen molar-refractivity contribution in [2.45, 2.75) is 32.8 Å². The molecule has 0 radical (unpaired) electrons. The van der Waals surface area contributed by atoms with Gasteiger partial charge in [0.05, 0.1) is 19.6 Å². The molecule has 0 aliphatic heterocycles. The van der Waals surface area contributed by atoms with Crippen molar-refractivity contribution in [3.05, 3.63) is 0 Å². The summed E-state index contributed by atoms with van der Waals surface area (Å²) in [5.41, 5.74) is 0. The Labute approximate surface area is 67.4 Å². The van der Waals surface area contributed by atoms with E-state index >= 15 is 0 Å². The fourth-order valence-corrected chi connectivity index (χ4v) is 0.903. The number of carbonyl (C=O) groups excluding carboxylic acids is 1. The third-order valence-corrected chi connectivity index (χ3v) is 1.37. The molecule has 0 rings (SSSR count). The zero-order chi connectivity index (χ0) is 8.85. The zero-order valence-electron chi connectivity index (χ0n) is 7.33. The average Bonchev–Trinajstić information content (AvgIpc) is 1.85. The smallest absolute Gasteiger partial charge is 0.308 e. The van der Waals surface area contributed by atoms with Crippen molar-refractivity contribution in [3.8, 4) is 0 Å². The number of carbonyl (C=O) groups is 1. The van der Waals surface area contributed by atoms with E-state index in [2.05, 4.69) is 4.74 Å². The van der Waals surface area contributed by atoms with Crippen LogP contribution in [0, 0.1) is 5.92 Å². The fraction of sp³-hybridized carbons (Fsp3) is 0.875. The Hall–Kier alpha value is -0.570. The van der Waals surface area contributed by atoms with Crippen LogP contribution < -0.4 is 0 Å². The Morgan fingerprint density at radius 3 is 2.45 bits per heavy atom. The second kappa shape index (κ2) is 5.13. The summed E-state index contributed by atoms with van der Waals surface area (Å²) in [7, 11) is 1.32. The molecule has 0 saturated heterocycles. The van der Waals surface area contributed by atoms with Gasteiger partial charge in [-0.05, 0) is 12.3 Å². The predicted octanol–water partition coefficient (Wildman–Crippen LogP) is 0.956. The molecule has 11 heavy (non-hydrogen) atoms. The first-order chi connectivity index (χ1) is 5.06. The molecule has 0 aromatic heterocycles. The highest BCUT2D eigenvalue weighted by atomic mass is 16.5. The van der Waals surface area contributed by atoms with E-state index in [1.54, 1.807) is 0 Å². The Kier molecular flexibility index (Phi) is 4.86. The van der Waals surface area contributed by atoms with Crippen molar-refractivity contribution in [3.63, 3.8) is 0 Å². The molecular weight excluding hydrogens is 144 g/mol. The number of ether oxygens (including phenoxy) is 1. The largest absolute Gasteiger partial charge is 0.469 e. The molecule has 0 saturated carbocycles.